The normalized spacial score (nSPS) is 13.3. The van der Waals surface area contributed by atoms with Gasteiger partial charge >= 0.3 is 0 Å². The van der Waals surface area contributed by atoms with Crippen LogP contribution in [0.1, 0.15) is 43.1 Å². The lowest BCUT2D eigenvalue weighted by Crippen LogP contribution is -2.23. The first-order valence-corrected chi connectivity index (χ1v) is 11.4. The summed E-state index contributed by atoms with van der Waals surface area (Å²) in [5, 5.41) is 14.9. The SMILES string of the molecule is CC[C@@H](CO)Nc1nc(-c2ccc(Cl)cc2)nc2c1c(C)c(C)n2[C@H](C)c1ccccc1. The fourth-order valence-electron chi connectivity index (χ4n) is 4.15. The van der Waals surface area contributed by atoms with Gasteiger partial charge in [-0.05, 0) is 62.6 Å². The molecule has 0 fully saturated rings. The largest absolute Gasteiger partial charge is 0.394 e. The fraction of sp³-hybridized carbons (Fsp3) is 0.308. The van der Waals surface area contributed by atoms with Crippen LogP contribution in [0.2, 0.25) is 5.02 Å². The summed E-state index contributed by atoms with van der Waals surface area (Å²) in [7, 11) is 0. The van der Waals surface area contributed by atoms with Crippen LogP contribution in [0.5, 0.6) is 0 Å². The lowest BCUT2D eigenvalue weighted by molar-refractivity contribution is 0.271. The van der Waals surface area contributed by atoms with Gasteiger partial charge in [-0.15, -0.1) is 0 Å². The first kappa shape index (κ1) is 22.3. The first-order chi connectivity index (χ1) is 15.4. The highest BCUT2D eigenvalue weighted by Gasteiger charge is 2.23. The molecule has 0 radical (unpaired) electrons. The number of nitrogens with zero attached hydrogens (tertiary/aromatic N) is 3. The van der Waals surface area contributed by atoms with E-state index in [9.17, 15) is 5.11 Å². The monoisotopic (exact) mass is 448 g/mol. The Morgan fingerprint density at radius 3 is 2.34 bits per heavy atom. The van der Waals surface area contributed by atoms with E-state index in [0.29, 0.717) is 10.8 Å². The van der Waals surface area contributed by atoms with Gasteiger partial charge in [-0.3, -0.25) is 0 Å². The molecule has 32 heavy (non-hydrogen) atoms. The van der Waals surface area contributed by atoms with Gasteiger partial charge in [0, 0.05) is 16.3 Å². The molecular weight excluding hydrogens is 420 g/mol. The molecule has 0 bridgehead atoms. The molecule has 2 N–H and O–H groups in total. The molecule has 0 spiro atoms. The van der Waals surface area contributed by atoms with E-state index in [1.165, 1.54) is 5.56 Å². The number of fused-ring (bicyclic) bond motifs is 1. The maximum absolute atomic E-state index is 9.82. The second kappa shape index (κ2) is 9.31. The summed E-state index contributed by atoms with van der Waals surface area (Å²) in [4.78, 5) is 9.92. The average Bonchev–Trinajstić information content (AvgIpc) is 3.07. The molecule has 0 amide bonds. The molecule has 4 rings (SSSR count). The van der Waals surface area contributed by atoms with Crippen LogP contribution in [0.3, 0.4) is 0 Å². The molecule has 2 heterocycles. The summed E-state index contributed by atoms with van der Waals surface area (Å²) in [6.45, 7) is 8.53. The number of aryl methyl sites for hydroxylation is 1. The standard InChI is InChI=1S/C26H29ClN4O/c1-5-22(15-32)28-25-23-16(2)17(3)31(18(4)19-9-7-6-8-10-19)26(23)30-24(29-25)20-11-13-21(27)14-12-20/h6-14,18,22,32H,5,15H2,1-4H3,(H,28,29,30)/t18-,22+/m1/s1. The zero-order valence-corrected chi connectivity index (χ0v) is 19.7. The van der Waals surface area contributed by atoms with Crippen molar-refractivity contribution < 1.29 is 5.11 Å². The Bertz CT molecular complexity index is 1210. The van der Waals surface area contributed by atoms with Crippen LogP contribution < -0.4 is 5.32 Å². The van der Waals surface area contributed by atoms with Gasteiger partial charge in [0.25, 0.3) is 0 Å². The van der Waals surface area contributed by atoms with Crippen LogP contribution in [-0.2, 0) is 0 Å². The van der Waals surface area contributed by atoms with Crippen LogP contribution in [0.25, 0.3) is 22.4 Å². The number of hydrogen-bond donors (Lipinski definition) is 2. The Hall–Kier alpha value is -2.89. The molecule has 0 saturated heterocycles. The molecule has 5 nitrogen and oxygen atoms in total. The number of aromatic nitrogens is 3. The van der Waals surface area contributed by atoms with Gasteiger partial charge < -0.3 is 15.0 Å². The first-order valence-electron chi connectivity index (χ1n) is 11.0. The summed E-state index contributed by atoms with van der Waals surface area (Å²) >= 11 is 6.11. The Morgan fingerprint density at radius 2 is 1.72 bits per heavy atom. The molecule has 6 heteroatoms. The van der Waals surface area contributed by atoms with Gasteiger partial charge in [-0.2, -0.15) is 0 Å². The number of halogens is 1. The lowest BCUT2D eigenvalue weighted by Gasteiger charge is -2.19. The molecule has 0 saturated carbocycles. The highest BCUT2D eigenvalue weighted by molar-refractivity contribution is 6.30. The molecule has 4 aromatic rings. The van der Waals surface area contributed by atoms with Gasteiger partial charge in [-0.25, -0.2) is 9.97 Å². The number of aliphatic hydroxyl groups excluding tert-OH is 1. The third-order valence-electron chi connectivity index (χ3n) is 6.22. The van der Waals surface area contributed by atoms with E-state index in [-0.39, 0.29) is 18.7 Å². The highest BCUT2D eigenvalue weighted by atomic mass is 35.5. The molecule has 0 aliphatic heterocycles. The minimum atomic E-state index is -0.0826. The summed E-state index contributed by atoms with van der Waals surface area (Å²) in [6, 6.07) is 18.0. The minimum Gasteiger partial charge on any atom is -0.394 e. The van der Waals surface area contributed by atoms with E-state index < -0.39 is 0 Å². The molecule has 2 aromatic carbocycles. The quantitative estimate of drug-likeness (QED) is 0.355. The number of aliphatic hydroxyl groups is 1. The second-order valence-electron chi connectivity index (χ2n) is 8.20. The Balaban J connectivity index is 1.98. The number of hydrogen-bond acceptors (Lipinski definition) is 4. The van der Waals surface area contributed by atoms with E-state index in [2.05, 4.69) is 54.9 Å². The van der Waals surface area contributed by atoms with E-state index in [1.807, 2.05) is 37.3 Å². The van der Waals surface area contributed by atoms with E-state index in [0.717, 1.165) is 40.1 Å². The van der Waals surface area contributed by atoms with Crippen molar-refractivity contribution in [3.8, 4) is 11.4 Å². The third kappa shape index (κ3) is 4.10. The van der Waals surface area contributed by atoms with Crippen molar-refractivity contribution in [2.24, 2.45) is 0 Å². The molecule has 2 atom stereocenters. The summed E-state index contributed by atoms with van der Waals surface area (Å²) in [5.74, 6) is 1.38. The zero-order chi connectivity index (χ0) is 22.8. The van der Waals surface area contributed by atoms with Crippen LogP contribution in [0, 0.1) is 13.8 Å². The van der Waals surface area contributed by atoms with Crippen LogP contribution >= 0.6 is 11.6 Å². The van der Waals surface area contributed by atoms with Gasteiger partial charge in [0.15, 0.2) is 5.82 Å². The smallest absolute Gasteiger partial charge is 0.163 e. The maximum atomic E-state index is 9.82. The predicted molar refractivity (Wildman–Crippen MR) is 132 cm³/mol. The van der Waals surface area contributed by atoms with Crippen molar-refractivity contribution in [2.45, 2.75) is 46.2 Å². The Kier molecular flexibility index (Phi) is 6.49. The molecular formula is C26H29ClN4O. The Labute approximate surface area is 194 Å². The van der Waals surface area contributed by atoms with Crippen LogP contribution in [0.4, 0.5) is 5.82 Å². The van der Waals surface area contributed by atoms with E-state index in [4.69, 9.17) is 21.6 Å². The number of rotatable bonds is 7. The van der Waals surface area contributed by atoms with Crippen molar-refractivity contribution >= 4 is 28.5 Å². The van der Waals surface area contributed by atoms with Crippen molar-refractivity contribution in [3.63, 3.8) is 0 Å². The van der Waals surface area contributed by atoms with Crippen molar-refractivity contribution in [3.05, 3.63) is 76.4 Å². The van der Waals surface area contributed by atoms with Gasteiger partial charge in [0.05, 0.1) is 24.1 Å². The zero-order valence-electron chi connectivity index (χ0n) is 18.9. The molecule has 2 aromatic heterocycles. The predicted octanol–water partition coefficient (Wildman–Crippen LogP) is 6.16. The van der Waals surface area contributed by atoms with Crippen molar-refractivity contribution in [1.29, 1.82) is 0 Å². The fourth-order valence-corrected chi connectivity index (χ4v) is 4.27. The van der Waals surface area contributed by atoms with Crippen molar-refractivity contribution in [1.82, 2.24) is 14.5 Å². The topological polar surface area (TPSA) is 63.0 Å². The lowest BCUT2D eigenvalue weighted by atomic mass is 10.1. The molecule has 0 aliphatic rings. The van der Waals surface area contributed by atoms with Crippen LogP contribution in [0.15, 0.2) is 54.6 Å². The number of nitrogens with one attached hydrogen (secondary N) is 1. The van der Waals surface area contributed by atoms with Crippen LogP contribution in [-0.4, -0.2) is 32.3 Å². The highest BCUT2D eigenvalue weighted by Crippen LogP contribution is 2.35. The maximum Gasteiger partial charge on any atom is 0.163 e. The minimum absolute atomic E-state index is 0.0391. The van der Waals surface area contributed by atoms with E-state index in [1.54, 1.807) is 0 Å². The summed E-state index contributed by atoms with van der Waals surface area (Å²) in [5.41, 5.74) is 5.29. The average molecular weight is 449 g/mol. The molecule has 0 unspecified atom stereocenters. The van der Waals surface area contributed by atoms with Gasteiger partial charge in [0.2, 0.25) is 0 Å². The van der Waals surface area contributed by atoms with E-state index >= 15 is 0 Å². The molecule has 166 valence electrons. The summed E-state index contributed by atoms with van der Waals surface area (Å²) in [6.07, 6.45) is 0.789. The third-order valence-corrected chi connectivity index (χ3v) is 6.47. The number of benzene rings is 2. The van der Waals surface area contributed by atoms with Gasteiger partial charge in [-0.1, -0.05) is 48.9 Å². The second-order valence-corrected chi connectivity index (χ2v) is 8.64. The molecule has 0 aliphatic carbocycles. The Morgan fingerprint density at radius 1 is 1.03 bits per heavy atom. The van der Waals surface area contributed by atoms with Crippen molar-refractivity contribution in [2.75, 3.05) is 11.9 Å². The van der Waals surface area contributed by atoms with Gasteiger partial charge in [0.1, 0.15) is 11.5 Å². The summed E-state index contributed by atoms with van der Waals surface area (Å²) < 4.78 is 2.28. The number of anilines is 1.